The van der Waals surface area contributed by atoms with Crippen molar-refractivity contribution in [3.63, 3.8) is 0 Å². The molecule has 206 valence electrons. The fraction of sp³-hybridized carbons (Fsp3) is 1.00. The second kappa shape index (κ2) is 9.08. The van der Waals surface area contributed by atoms with Gasteiger partial charge in [0.1, 0.15) is 0 Å². The van der Waals surface area contributed by atoms with Gasteiger partial charge in [0.25, 0.3) is 0 Å². The summed E-state index contributed by atoms with van der Waals surface area (Å²) in [7, 11) is 0. The van der Waals surface area contributed by atoms with Crippen LogP contribution in [0.2, 0.25) is 9.63 Å². The van der Waals surface area contributed by atoms with Gasteiger partial charge in [-0.3, -0.25) is 0 Å². The Kier molecular flexibility index (Phi) is 6.77. The van der Waals surface area contributed by atoms with Crippen LogP contribution in [0.25, 0.3) is 0 Å². The Morgan fingerprint density at radius 1 is 0.472 bits per heavy atom. The third kappa shape index (κ3) is 5.10. The van der Waals surface area contributed by atoms with Crippen LogP contribution in [0.4, 0.5) is 0 Å². The van der Waals surface area contributed by atoms with Crippen LogP contribution in [0.1, 0.15) is 55.4 Å². The molecule has 0 radical (unpaired) electrons. The summed E-state index contributed by atoms with van der Waals surface area (Å²) in [5.41, 5.74) is 0. The third-order valence-corrected chi connectivity index (χ3v) is 16.6. The first-order valence-electron chi connectivity index (χ1n) is 12.7. The molecule has 6 rings (SSSR count). The topological polar surface area (TPSA) is 92.3 Å². The van der Waals surface area contributed by atoms with Gasteiger partial charge < -0.3 is 0 Å². The maximum absolute atomic E-state index is 6.44. The van der Waals surface area contributed by atoms with E-state index in [0.717, 1.165) is 0 Å². The second-order valence-electron chi connectivity index (χ2n) is 12.0. The molecular weight excluding hydrogens is 606 g/mol. The van der Waals surface area contributed by atoms with Crippen LogP contribution in [-0.2, 0) is 47.4 Å². The molecule has 10 nitrogen and oxygen atoms in total. The van der Waals surface area contributed by atoms with E-state index in [1.807, 2.05) is 55.4 Å². The number of ether oxygens (including phenoxy) is 10. The molecule has 10 atom stereocenters. The van der Waals surface area contributed by atoms with Gasteiger partial charge in [0.05, 0.1) is 0 Å². The molecule has 0 saturated carbocycles. The molecule has 6 aliphatic rings. The first-order valence-corrected chi connectivity index (χ1v) is 19.0. The van der Waals surface area contributed by atoms with Crippen LogP contribution in [0.5, 0.6) is 0 Å². The first kappa shape index (κ1) is 26.8. The monoisotopic (exact) mass is 646 g/mol. The molecule has 36 heavy (non-hydrogen) atoms. The Morgan fingerprint density at radius 2 is 0.861 bits per heavy atom. The number of hydrogen-bond donors (Lipinski definition) is 0. The van der Waals surface area contributed by atoms with Crippen LogP contribution in [0, 0.1) is 0 Å². The van der Waals surface area contributed by atoms with E-state index < -0.39 is 35.7 Å². The van der Waals surface area contributed by atoms with E-state index in [9.17, 15) is 0 Å². The molecule has 0 spiro atoms. The summed E-state index contributed by atoms with van der Waals surface area (Å²) in [4.78, 5) is 0.304. The van der Waals surface area contributed by atoms with Gasteiger partial charge in [0.2, 0.25) is 0 Å². The van der Waals surface area contributed by atoms with Gasteiger partial charge in [-0.25, -0.2) is 0 Å². The Balaban J connectivity index is 1.21. The van der Waals surface area contributed by atoms with Crippen LogP contribution in [0.15, 0.2) is 0 Å². The molecule has 0 unspecified atom stereocenters. The number of hydrogen-bond acceptors (Lipinski definition) is 10. The molecule has 0 N–H and O–H groups in total. The standard InChI is InChI=1S/C24H38O10Se2/c1-21(2)25-9-11(29-21)13-17(15-19(27-13)33-23(5,6)31-15)35-36-18-14(12-10-26-22(3,4)30-12)28-20-16(18)32-24(7,8)34-20/h11-20H,9-10H2,1-8H3/t11-,12-,13-,14-,15-,16-,17+,18+,19-,20-/m1/s1. The summed E-state index contributed by atoms with van der Waals surface area (Å²) in [6, 6.07) is 0. The molecule has 0 aromatic rings. The van der Waals surface area contributed by atoms with E-state index in [2.05, 4.69) is 0 Å². The van der Waals surface area contributed by atoms with Gasteiger partial charge >= 0.3 is 224 Å². The number of fused-ring (bicyclic) bond motifs is 2. The second-order valence-corrected chi connectivity index (χ2v) is 19.3. The predicted molar refractivity (Wildman–Crippen MR) is 126 cm³/mol. The molecule has 0 amide bonds. The van der Waals surface area contributed by atoms with Crippen LogP contribution in [-0.4, -0.2) is 112 Å². The molecule has 0 aliphatic carbocycles. The Labute approximate surface area is 223 Å². The minimum atomic E-state index is -0.676. The zero-order valence-corrected chi connectivity index (χ0v) is 25.5. The number of rotatable bonds is 5. The summed E-state index contributed by atoms with van der Waals surface area (Å²) in [5, 5.41) is 0. The quantitative estimate of drug-likeness (QED) is 0.414. The van der Waals surface area contributed by atoms with E-state index in [1.165, 1.54) is 0 Å². The van der Waals surface area contributed by atoms with Crippen LogP contribution < -0.4 is 0 Å². The van der Waals surface area contributed by atoms with Crippen molar-refractivity contribution in [3.8, 4) is 0 Å². The molecule has 12 heteroatoms. The SMILES string of the molecule is CC1(C)O[C@H]2O[C@H]([C@H]3COC(C)(C)O3)[C@H]([Se][Se][C@@H]3[C@H]4OC(C)(C)O[C@H]4O[C@@H]3[C@H]3COC(C)(C)O3)[C@H]2O1. The Morgan fingerprint density at radius 3 is 1.19 bits per heavy atom. The molecule has 0 bridgehead atoms. The molecule has 6 heterocycles. The predicted octanol–water partition coefficient (Wildman–Crippen LogP) is 1.94. The molecule has 6 saturated heterocycles. The zero-order valence-electron chi connectivity index (χ0n) is 22.1. The van der Waals surface area contributed by atoms with Crippen molar-refractivity contribution in [2.45, 2.75) is 137 Å². The van der Waals surface area contributed by atoms with E-state index in [-0.39, 0.29) is 72.5 Å². The van der Waals surface area contributed by atoms with Gasteiger partial charge in [-0.2, -0.15) is 0 Å². The average molecular weight is 644 g/mol. The Bertz CT molecular complexity index is 785. The van der Waals surface area contributed by atoms with Gasteiger partial charge in [0, 0.05) is 0 Å². The summed E-state index contributed by atoms with van der Waals surface area (Å²) in [6.45, 7) is 16.5. The van der Waals surface area contributed by atoms with Crippen molar-refractivity contribution in [1.82, 2.24) is 0 Å². The van der Waals surface area contributed by atoms with E-state index >= 15 is 0 Å². The van der Waals surface area contributed by atoms with E-state index in [1.54, 1.807) is 0 Å². The molecule has 6 fully saturated rings. The van der Waals surface area contributed by atoms with Crippen molar-refractivity contribution < 1.29 is 47.4 Å². The van der Waals surface area contributed by atoms with Crippen molar-refractivity contribution in [2.24, 2.45) is 0 Å². The summed E-state index contributed by atoms with van der Waals surface area (Å²) < 4.78 is 62.0. The average Bonchev–Trinajstić information content (AvgIpc) is 3.53. The normalized spacial score (nSPS) is 50.0. The molecular formula is C24H38O10Se2. The fourth-order valence-electron chi connectivity index (χ4n) is 5.71. The van der Waals surface area contributed by atoms with E-state index in [0.29, 0.717) is 13.2 Å². The van der Waals surface area contributed by atoms with Crippen molar-refractivity contribution in [3.05, 3.63) is 0 Å². The zero-order chi connectivity index (χ0) is 25.7. The summed E-state index contributed by atoms with van der Waals surface area (Å²) in [6.07, 6.45) is -1.72. The van der Waals surface area contributed by atoms with Gasteiger partial charge in [-0.15, -0.1) is 0 Å². The first-order chi connectivity index (χ1) is 16.7. The summed E-state index contributed by atoms with van der Waals surface area (Å²) >= 11 is 0.312. The van der Waals surface area contributed by atoms with E-state index in [4.69, 9.17) is 47.4 Å². The van der Waals surface area contributed by atoms with Gasteiger partial charge in [-0.05, 0) is 0 Å². The van der Waals surface area contributed by atoms with Crippen LogP contribution in [0.3, 0.4) is 0 Å². The van der Waals surface area contributed by atoms with Crippen molar-refractivity contribution >= 4 is 26.3 Å². The molecule has 0 aromatic carbocycles. The Hall–Kier alpha value is 0.639. The fourth-order valence-corrected chi connectivity index (χ4v) is 16.5. The minimum absolute atomic E-state index is 0.141. The van der Waals surface area contributed by atoms with Gasteiger partial charge in [0.15, 0.2) is 0 Å². The maximum atomic E-state index is 6.44. The van der Waals surface area contributed by atoms with Crippen molar-refractivity contribution in [2.75, 3.05) is 13.2 Å². The van der Waals surface area contributed by atoms with Gasteiger partial charge in [-0.1, -0.05) is 0 Å². The third-order valence-electron chi connectivity index (χ3n) is 7.13. The molecule has 0 aromatic heterocycles. The molecule has 6 aliphatic heterocycles. The van der Waals surface area contributed by atoms with Crippen LogP contribution >= 0.6 is 0 Å². The van der Waals surface area contributed by atoms with Crippen molar-refractivity contribution in [1.29, 1.82) is 0 Å². The summed E-state index contributed by atoms with van der Waals surface area (Å²) in [5.74, 6) is -2.60.